The molecule has 21 heavy (non-hydrogen) atoms. The molecule has 7 heteroatoms. The van der Waals surface area contributed by atoms with Crippen molar-refractivity contribution in [3.8, 4) is 0 Å². The highest BCUT2D eigenvalue weighted by molar-refractivity contribution is 5.59. The second-order valence-electron chi connectivity index (χ2n) is 5.41. The number of hydrogen-bond acceptors (Lipinski definition) is 5. The molecular formula is C14H26N4O3. The summed E-state index contributed by atoms with van der Waals surface area (Å²) in [6.45, 7) is 6.72. The molecule has 0 aliphatic carbocycles. The maximum Gasteiger partial charge on any atom is 0.333 e. The maximum atomic E-state index is 11.3. The van der Waals surface area contributed by atoms with E-state index in [-0.39, 0.29) is 22.6 Å². The Kier molecular flexibility index (Phi) is 6.14. The van der Waals surface area contributed by atoms with Crippen LogP contribution in [0.4, 0.5) is 11.5 Å². The molecule has 0 saturated carbocycles. The first-order chi connectivity index (χ1) is 9.94. The van der Waals surface area contributed by atoms with Crippen molar-refractivity contribution in [3.05, 3.63) is 15.8 Å². The van der Waals surface area contributed by atoms with Gasteiger partial charge in [-0.2, -0.15) is 5.10 Å². The fraction of sp³-hybridized carbons (Fsp3) is 0.786. The Balaban J connectivity index is 3.02. The first-order valence-electron chi connectivity index (χ1n) is 7.49. The van der Waals surface area contributed by atoms with Crippen molar-refractivity contribution in [2.75, 3.05) is 18.5 Å². The zero-order valence-corrected chi connectivity index (χ0v) is 13.3. The number of rotatable bonds is 9. The molecule has 1 heterocycles. The molecule has 0 aromatic carbocycles. The lowest BCUT2D eigenvalue weighted by molar-refractivity contribution is -0.384. The van der Waals surface area contributed by atoms with Crippen LogP contribution in [0.3, 0.4) is 0 Å². The summed E-state index contributed by atoms with van der Waals surface area (Å²) in [6, 6.07) is 0. The number of aliphatic hydroxyl groups excluding tert-OH is 1. The average Bonchev–Trinajstić information content (AvgIpc) is 2.80. The molecule has 2 N–H and O–H groups in total. The Hall–Kier alpha value is -1.63. The molecule has 1 rings (SSSR count). The van der Waals surface area contributed by atoms with Crippen molar-refractivity contribution < 1.29 is 10.0 Å². The Bertz CT molecular complexity index is 481. The van der Waals surface area contributed by atoms with Gasteiger partial charge in [0.05, 0.1) is 4.92 Å². The summed E-state index contributed by atoms with van der Waals surface area (Å²) < 4.78 is 1.53. The van der Waals surface area contributed by atoms with E-state index in [0.717, 1.165) is 12.8 Å². The lowest BCUT2D eigenvalue weighted by atomic mass is 9.79. The molecule has 0 aliphatic heterocycles. The second kappa shape index (κ2) is 7.40. The van der Waals surface area contributed by atoms with E-state index in [9.17, 15) is 15.2 Å². The number of aliphatic hydroxyl groups is 1. The molecular weight excluding hydrogens is 272 g/mol. The lowest BCUT2D eigenvalue weighted by Crippen LogP contribution is -2.30. The minimum Gasteiger partial charge on any atom is -0.396 e. The molecule has 0 bridgehead atoms. The summed E-state index contributed by atoms with van der Waals surface area (Å²) in [5.74, 6) is 0.445. The molecule has 1 aromatic rings. The van der Waals surface area contributed by atoms with Gasteiger partial charge in [-0.15, -0.1) is 0 Å². The van der Waals surface area contributed by atoms with E-state index in [1.165, 1.54) is 4.68 Å². The fourth-order valence-electron chi connectivity index (χ4n) is 2.65. The molecule has 0 aliphatic rings. The van der Waals surface area contributed by atoms with Crippen LogP contribution in [0.15, 0.2) is 0 Å². The van der Waals surface area contributed by atoms with Gasteiger partial charge in [0.2, 0.25) is 5.82 Å². The molecule has 0 unspecified atom stereocenters. The predicted octanol–water partition coefficient (Wildman–Crippen LogP) is 2.49. The molecule has 0 saturated heterocycles. The largest absolute Gasteiger partial charge is 0.396 e. The van der Waals surface area contributed by atoms with Crippen molar-refractivity contribution in [1.82, 2.24) is 9.78 Å². The first kappa shape index (κ1) is 17.4. The monoisotopic (exact) mass is 298 g/mol. The van der Waals surface area contributed by atoms with Crippen molar-refractivity contribution in [1.29, 1.82) is 0 Å². The third kappa shape index (κ3) is 3.72. The summed E-state index contributed by atoms with van der Waals surface area (Å²) in [6.07, 6.45) is 3.02. The van der Waals surface area contributed by atoms with Crippen LogP contribution >= 0.6 is 0 Å². The van der Waals surface area contributed by atoms with Gasteiger partial charge in [-0.05, 0) is 31.1 Å². The molecule has 0 spiro atoms. The number of aromatic nitrogens is 2. The van der Waals surface area contributed by atoms with Crippen LogP contribution in [0.1, 0.15) is 45.7 Å². The Morgan fingerprint density at radius 2 is 2.00 bits per heavy atom. The number of nitrogens with zero attached hydrogens (tertiary/aromatic N) is 3. The lowest BCUT2D eigenvalue weighted by Gasteiger charge is -2.31. The van der Waals surface area contributed by atoms with Crippen LogP contribution in [0.5, 0.6) is 0 Å². The van der Waals surface area contributed by atoms with E-state index >= 15 is 0 Å². The van der Waals surface area contributed by atoms with Gasteiger partial charge in [-0.3, -0.25) is 10.1 Å². The SMILES string of the molecule is CCc1nn(C)c(NCC(CC)(CC)CCO)c1[N+](=O)[O-]. The Morgan fingerprint density at radius 1 is 1.38 bits per heavy atom. The summed E-state index contributed by atoms with van der Waals surface area (Å²) in [5, 5.41) is 27.9. The van der Waals surface area contributed by atoms with Crippen LogP contribution in [0, 0.1) is 15.5 Å². The standard InChI is InChI=1S/C14H26N4O3/c1-5-11-12(18(20)21)13(17(4)16-11)15-10-14(6-2,7-3)8-9-19/h15,19H,5-10H2,1-4H3. The van der Waals surface area contributed by atoms with Crippen molar-refractivity contribution in [2.24, 2.45) is 12.5 Å². The van der Waals surface area contributed by atoms with Crippen LogP contribution < -0.4 is 5.32 Å². The van der Waals surface area contributed by atoms with Gasteiger partial charge in [0.15, 0.2) is 0 Å². The third-order valence-electron chi connectivity index (χ3n) is 4.38. The first-order valence-corrected chi connectivity index (χ1v) is 7.49. The normalized spacial score (nSPS) is 11.7. The maximum absolute atomic E-state index is 11.3. The average molecular weight is 298 g/mol. The van der Waals surface area contributed by atoms with E-state index in [1.54, 1.807) is 7.05 Å². The van der Waals surface area contributed by atoms with E-state index in [4.69, 9.17) is 0 Å². The highest BCUT2D eigenvalue weighted by Crippen LogP contribution is 2.33. The molecule has 0 atom stereocenters. The van der Waals surface area contributed by atoms with Gasteiger partial charge in [0.25, 0.3) is 0 Å². The minimum absolute atomic E-state index is 0.0563. The van der Waals surface area contributed by atoms with E-state index in [2.05, 4.69) is 24.3 Å². The molecule has 120 valence electrons. The van der Waals surface area contributed by atoms with Crippen molar-refractivity contribution in [2.45, 2.75) is 46.5 Å². The van der Waals surface area contributed by atoms with E-state index in [0.29, 0.717) is 30.9 Å². The quantitative estimate of drug-likeness (QED) is 0.539. The van der Waals surface area contributed by atoms with Crippen LogP contribution in [0.25, 0.3) is 0 Å². The van der Waals surface area contributed by atoms with Gasteiger partial charge in [-0.25, -0.2) is 4.68 Å². The molecule has 0 radical (unpaired) electrons. The van der Waals surface area contributed by atoms with Crippen molar-refractivity contribution in [3.63, 3.8) is 0 Å². The van der Waals surface area contributed by atoms with E-state index < -0.39 is 0 Å². The van der Waals surface area contributed by atoms with Gasteiger partial charge in [-0.1, -0.05) is 20.8 Å². The molecule has 1 aromatic heterocycles. The zero-order chi connectivity index (χ0) is 16.0. The second-order valence-corrected chi connectivity index (χ2v) is 5.41. The van der Waals surface area contributed by atoms with Crippen LogP contribution in [0.2, 0.25) is 0 Å². The van der Waals surface area contributed by atoms with Crippen LogP contribution in [-0.2, 0) is 13.5 Å². The smallest absolute Gasteiger partial charge is 0.333 e. The Labute approximate surface area is 125 Å². The predicted molar refractivity (Wildman–Crippen MR) is 82.4 cm³/mol. The number of nitro groups is 1. The topological polar surface area (TPSA) is 93.2 Å². The number of aryl methyl sites for hydroxylation is 2. The molecule has 0 amide bonds. The van der Waals surface area contributed by atoms with Gasteiger partial charge >= 0.3 is 5.69 Å². The van der Waals surface area contributed by atoms with Crippen molar-refractivity contribution >= 4 is 11.5 Å². The Morgan fingerprint density at radius 3 is 2.43 bits per heavy atom. The van der Waals surface area contributed by atoms with Gasteiger partial charge in [0, 0.05) is 20.2 Å². The highest BCUT2D eigenvalue weighted by Gasteiger charge is 2.30. The zero-order valence-electron chi connectivity index (χ0n) is 13.3. The number of hydrogen-bond donors (Lipinski definition) is 2. The van der Waals surface area contributed by atoms with E-state index in [1.807, 2.05) is 6.92 Å². The van der Waals surface area contributed by atoms with Gasteiger partial charge < -0.3 is 10.4 Å². The number of nitrogens with one attached hydrogen (secondary N) is 1. The third-order valence-corrected chi connectivity index (χ3v) is 4.38. The summed E-state index contributed by atoms with van der Waals surface area (Å²) >= 11 is 0. The number of anilines is 1. The summed E-state index contributed by atoms with van der Waals surface area (Å²) in [4.78, 5) is 10.9. The highest BCUT2D eigenvalue weighted by atomic mass is 16.6. The summed E-state index contributed by atoms with van der Waals surface area (Å²) in [7, 11) is 1.71. The molecule has 0 fully saturated rings. The fourth-order valence-corrected chi connectivity index (χ4v) is 2.65. The molecule has 7 nitrogen and oxygen atoms in total. The minimum atomic E-state index is -0.375. The summed E-state index contributed by atoms with van der Waals surface area (Å²) in [5.41, 5.74) is 0.495. The van der Waals surface area contributed by atoms with Crippen LogP contribution in [-0.4, -0.2) is 33.0 Å². The van der Waals surface area contributed by atoms with Gasteiger partial charge in [0.1, 0.15) is 5.69 Å².